The third-order valence-corrected chi connectivity index (χ3v) is 5.59. The molecule has 27 heavy (non-hydrogen) atoms. The highest BCUT2D eigenvalue weighted by Gasteiger charge is 2.24. The van der Waals surface area contributed by atoms with Crippen molar-refractivity contribution in [3.8, 4) is 5.75 Å². The lowest BCUT2D eigenvalue weighted by Crippen LogP contribution is -2.37. The van der Waals surface area contributed by atoms with Crippen LogP contribution in [-0.4, -0.2) is 43.2 Å². The first-order chi connectivity index (χ1) is 13.3. The van der Waals surface area contributed by atoms with Crippen LogP contribution in [0.5, 0.6) is 5.75 Å². The monoisotopic (exact) mass is 365 g/mol. The molecule has 0 N–H and O–H groups in total. The molecule has 2 aliphatic rings. The number of likely N-dealkylation sites (tertiary alicyclic amines) is 1. The number of carbonyl (C=O) groups excluding carboxylic acids is 1. The maximum absolute atomic E-state index is 12.9. The fourth-order valence-electron chi connectivity index (χ4n) is 4.01. The molecular weight excluding hydrogens is 338 g/mol. The number of ether oxygens (including phenoxy) is 2. The number of amides is 1. The van der Waals surface area contributed by atoms with Crippen molar-refractivity contribution in [2.75, 3.05) is 26.3 Å². The molecule has 2 aromatic rings. The Morgan fingerprint density at radius 2 is 1.85 bits per heavy atom. The Bertz CT molecular complexity index is 747. The highest BCUT2D eigenvalue weighted by molar-refractivity contribution is 5.94. The van der Waals surface area contributed by atoms with Crippen LogP contribution >= 0.6 is 0 Å². The Morgan fingerprint density at radius 3 is 2.59 bits per heavy atom. The molecule has 2 aromatic carbocycles. The summed E-state index contributed by atoms with van der Waals surface area (Å²) in [6.45, 7) is 2.99. The molecule has 2 fully saturated rings. The molecule has 0 aliphatic carbocycles. The molecule has 1 atom stereocenters. The largest absolute Gasteiger partial charge is 0.491 e. The van der Waals surface area contributed by atoms with Crippen molar-refractivity contribution in [2.45, 2.75) is 37.7 Å². The van der Waals surface area contributed by atoms with E-state index in [1.54, 1.807) is 0 Å². The molecule has 4 heteroatoms. The van der Waals surface area contributed by atoms with Gasteiger partial charge in [-0.2, -0.15) is 0 Å². The lowest BCUT2D eigenvalue weighted by atomic mass is 9.89. The Balaban J connectivity index is 1.33. The molecule has 2 heterocycles. The Hall–Kier alpha value is -2.33. The summed E-state index contributed by atoms with van der Waals surface area (Å²) in [4.78, 5) is 14.9. The predicted octanol–water partition coefficient (Wildman–Crippen LogP) is 4.26. The molecule has 4 rings (SSSR count). The minimum absolute atomic E-state index is 0.101. The van der Waals surface area contributed by atoms with E-state index >= 15 is 0 Å². The van der Waals surface area contributed by atoms with Crippen LogP contribution in [0, 0.1) is 0 Å². The van der Waals surface area contributed by atoms with Gasteiger partial charge in [-0.25, -0.2) is 0 Å². The van der Waals surface area contributed by atoms with E-state index in [9.17, 15) is 4.79 Å². The van der Waals surface area contributed by atoms with Gasteiger partial charge in [0.1, 0.15) is 12.4 Å². The number of hydrogen-bond donors (Lipinski definition) is 0. The minimum Gasteiger partial charge on any atom is -0.491 e. The average molecular weight is 365 g/mol. The van der Waals surface area contributed by atoms with Gasteiger partial charge in [0, 0.05) is 25.3 Å². The SMILES string of the molecule is O=C(c1cccc(OCC2CCCO2)c1)N1CCC(c2ccccc2)CC1. The molecule has 0 bridgehead atoms. The van der Waals surface area contributed by atoms with E-state index in [2.05, 4.69) is 30.3 Å². The standard InChI is InChI=1S/C23H27NO3/c25-23(24-13-11-19(12-14-24)18-6-2-1-3-7-18)20-8-4-9-21(16-20)27-17-22-10-5-15-26-22/h1-4,6-9,16,19,22H,5,10-15,17H2. The summed E-state index contributed by atoms with van der Waals surface area (Å²) in [5.41, 5.74) is 2.09. The highest BCUT2D eigenvalue weighted by atomic mass is 16.5. The van der Waals surface area contributed by atoms with Gasteiger partial charge in [-0.3, -0.25) is 4.79 Å². The fraction of sp³-hybridized carbons (Fsp3) is 0.435. The molecule has 0 spiro atoms. The minimum atomic E-state index is 0.101. The van der Waals surface area contributed by atoms with Crippen LogP contribution in [0.3, 0.4) is 0 Å². The van der Waals surface area contributed by atoms with Crippen molar-refractivity contribution in [3.63, 3.8) is 0 Å². The van der Waals surface area contributed by atoms with Crippen molar-refractivity contribution in [1.29, 1.82) is 0 Å². The molecule has 0 saturated carbocycles. The van der Waals surface area contributed by atoms with Gasteiger partial charge in [-0.15, -0.1) is 0 Å². The zero-order chi connectivity index (χ0) is 18.5. The first-order valence-corrected chi connectivity index (χ1v) is 9.98. The number of piperidine rings is 1. The van der Waals surface area contributed by atoms with Crippen molar-refractivity contribution >= 4 is 5.91 Å². The highest BCUT2D eigenvalue weighted by Crippen LogP contribution is 2.28. The lowest BCUT2D eigenvalue weighted by Gasteiger charge is -2.32. The maximum atomic E-state index is 12.9. The number of carbonyl (C=O) groups is 1. The number of benzene rings is 2. The smallest absolute Gasteiger partial charge is 0.253 e. The van der Waals surface area contributed by atoms with Gasteiger partial charge in [0.05, 0.1) is 6.10 Å². The molecule has 1 unspecified atom stereocenters. The molecule has 0 radical (unpaired) electrons. The van der Waals surface area contributed by atoms with E-state index in [1.165, 1.54) is 5.56 Å². The summed E-state index contributed by atoms with van der Waals surface area (Å²) in [6, 6.07) is 18.2. The lowest BCUT2D eigenvalue weighted by molar-refractivity contribution is 0.0675. The van der Waals surface area contributed by atoms with E-state index in [1.807, 2.05) is 29.2 Å². The van der Waals surface area contributed by atoms with Crippen molar-refractivity contribution in [3.05, 3.63) is 65.7 Å². The molecule has 4 nitrogen and oxygen atoms in total. The quantitative estimate of drug-likeness (QED) is 0.794. The third kappa shape index (κ3) is 4.51. The van der Waals surface area contributed by atoms with Crippen LogP contribution in [-0.2, 0) is 4.74 Å². The van der Waals surface area contributed by atoms with Crippen LogP contribution in [0.15, 0.2) is 54.6 Å². The molecule has 2 aliphatic heterocycles. The van der Waals surface area contributed by atoms with Crippen LogP contribution in [0.2, 0.25) is 0 Å². The van der Waals surface area contributed by atoms with Gasteiger partial charge in [0.25, 0.3) is 5.91 Å². The molecule has 142 valence electrons. The van der Waals surface area contributed by atoms with Gasteiger partial charge in [0.2, 0.25) is 0 Å². The number of nitrogens with zero attached hydrogens (tertiary/aromatic N) is 1. The second-order valence-electron chi connectivity index (χ2n) is 7.45. The summed E-state index contributed by atoms with van der Waals surface area (Å²) < 4.78 is 11.4. The van der Waals surface area contributed by atoms with E-state index in [0.717, 1.165) is 51.1 Å². The molecule has 2 saturated heterocycles. The fourth-order valence-corrected chi connectivity index (χ4v) is 4.01. The van der Waals surface area contributed by atoms with E-state index in [4.69, 9.17) is 9.47 Å². The predicted molar refractivity (Wildman–Crippen MR) is 105 cm³/mol. The summed E-state index contributed by atoms with van der Waals surface area (Å²) >= 11 is 0. The van der Waals surface area contributed by atoms with Gasteiger partial charge in [-0.1, -0.05) is 36.4 Å². The van der Waals surface area contributed by atoms with Gasteiger partial charge in [0.15, 0.2) is 0 Å². The molecule has 1 amide bonds. The van der Waals surface area contributed by atoms with Gasteiger partial charge >= 0.3 is 0 Å². The zero-order valence-corrected chi connectivity index (χ0v) is 15.7. The molecular formula is C23H27NO3. The van der Waals surface area contributed by atoms with Crippen LogP contribution in [0.25, 0.3) is 0 Å². The zero-order valence-electron chi connectivity index (χ0n) is 15.7. The summed E-state index contributed by atoms with van der Waals surface area (Å²) in [5.74, 6) is 1.40. The van der Waals surface area contributed by atoms with Crippen molar-refractivity contribution < 1.29 is 14.3 Å². The van der Waals surface area contributed by atoms with Crippen molar-refractivity contribution in [2.24, 2.45) is 0 Å². The van der Waals surface area contributed by atoms with E-state index in [0.29, 0.717) is 18.1 Å². The topological polar surface area (TPSA) is 38.8 Å². The summed E-state index contributed by atoms with van der Waals surface area (Å²) in [7, 11) is 0. The second kappa shape index (κ2) is 8.57. The van der Waals surface area contributed by atoms with Crippen molar-refractivity contribution in [1.82, 2.24) is 4.90 Å². The molecule has 0 aromatic heterocycles. The van der Waals surface area contributed by atoms with Gasteiger partial charge in [-0.05, 0) is 55.4 Å². The van der Waals surface area contributed by atoms with E-state index < -0.39 is 0 Å². The van der Waals surface area contributed by atoms with Crippen LogP contribution in [0.1, 0.15) is 47.5 Å². The first-order valence-electron chi connectivity index (χ1n) is 9.98. The normalized spacial score (nSPS) is 20.6. The Kier molecular flexibility index (Phi) is 5.73. The second-order valence-corrected chi connectivity index (χ2v) is 7.45. The summed E-state index contributed by atoms with van der Waals surface area (Å²) in [5, 5.41) is 0. The number of hydrogen-bond acceptors (Lipinski definition) is 3. The van der Waals surface area contributed by atoms with Gasteiger partial charge < -0.3 is 14.4 Å². The van der Waals surface area contributed by atoms with Crippen LogP contribution < -0.4 is 4.74 Å². The number of rotatable bonds is 5. The van der Waals surface area contributed by atoms with E-state index in [-0.39, 0.29) is 12.0 Å². The third-order valence-electron chi connectivity index (χ3n) is 5.59. The summed E-state index contributed by atoms with van der Waals surface area (Å²) in [6.07, 6.45) is 4.37. The first kappa shape index (κ1) is 18.1. The van der Waals surface area contributed by atoms with Crippen LogP contribution in [0.4, 0.5) is 0 Å². The maximum Gasteiger partial charge on any atom is 0.253 e. The Labute approximate surface area is 161 Å². The Morgan fingerprint density at radius 1 is 1.04 bits per heavy atom. The average Bonchev–Trinajstić information content (AvgIpc) is 3.26.